The highest BCUT2D eigenvalue weighted by atomic mass is 16.5. The summed E-state index contributed by atoms with van der Waals surface area (Å²) in [6, 6.07) is 11.7. The first-order valence-electron chi connectivity index (χ1n) is 7.91. The van der Waals surface area contributed by atoms with Crippen LogP contribution in [0.5, 0.6) is 0 Å². The third-order valence-corrected chi connectivity index (χ3v) is 3.73. The lowest BCUT2D eigenvalue weighted by Gasteiger charge is -2.07. The summed E-state index contributed by atoms with van der Waals surface area (Å²) in [5, 5.41) is 0. The van der Waals surface area contributed by atoms with Crippen molar-refractivity contribution < 1.29 is 9.53 Å². The van der Waals surface area contributed by atoms with E-state index in [4.69, 9.17) is 4.74 Å². The summed E-state index contributed by atoms with van der Waals surface area (Å²) in [6.45, 7) is 3.14. The van der Waals surface area contributed by atoms with Gasteiger partial charge < -0.3 is 9.30 Å². The summed E-state index contributed by atoms with van der Waals surface area (Å²) in [4.78, 5) is 20.2. The monoisotopic (exact) mass is 321 g/mol. The van der Waals surface area contributed by atoms with E-state index in [1.807, 2.05) is 37.3 Å². The maximum Gasteiger partial charge on any atom is 0.330 e. The predicted octanol–water partition coefficient (Wildman–Crippen LogP) is 3.39. The second kappa shape index (κ2) is 7.55. The fourth-order valence-electron chi connectivity index (χ4n) is 2.56. The van der Waals surface area contributed by atoms with Crippen LogP contribution in [0.2, 0.25) is 0 Å². The lowest BCUT2D eigenvalue weighted by atomic mass is 10.2. The summed E-state index contributed by atoms with van der Waals surface area (Å²) in [5.41, 5.74) is 3.02. The second-order valence-electron chi connectivity index (χ2n) is 5.43. The van der Waals surface area contributed by atoms with Gasteiger partial charge in [0, 0.05) is 25.0 Å². The molecule has 5 nitrogen and oxygen atoms in total. The number of hydrogen-bond donors (Lipinski definition) is 0. The molecule has 3 rings (SSSR count). The number of ether oxygens (including phenoxy) is 1. The van der Waals surface area contributed by atoms with Crippen LogP contribution in [0, 0.1) is 6.92 Å². The number of pyridine rings is 1. The molecule has 0 unspecified atom stereocenters. The van der Waals surface area contributed by atoms with Crippen LogP contribution in [0.15, 0.2) is 54.9 Å². The lowest BCUT2D eigenvalue weighted by molar-refractivity contribution is -0.137. The van der Waals surface area contributed by atoms with E-state index >= 15 is 0 Å². The second-order valence-corrected chi connectivity index (χ2v) is 5.43. The van der Waals surface area contributed by atoms with Crippen molar-refractivity contribution in [3.8, 4) is 0 Å². The molecule has 1 aromatic carbocycles. The molecule has 0 spiro atoms. The van der Waals surface area contributed by atoms with E-state index in [9.17, 15) is 4.79 Å². The van der Waals surface area contributed by atoms with E-state index in [0.717, 1.165) is 35.4 Å². The highest BCUT2D eigenvalue weighted by molar-refractivity contribution is 5.86. The van der Waals surface area contributed by atoms with Crippen LogP contribution in [0.1, 0.15) is 17.8 Å². The molecule has 0 aliphatic heterocycles. The van der Waals surface area contributed by atoms with E-state index < -0.39 is 0 Å². The zero-order valence-electron chi connectivity index (χ0n) is 13.6. The summed E-state index contributed by atoms with van der Waals surface area (Å²) in [5.74, 6) is 0.638. The number of rotatable bonds is 6. The van der Waals surface area contributed by atoms with E-state index in [1.165, 1.54) is 6.08 Å². The van der Waals surface area contributed by atoms with Gasteiger partial charge in [0.15, 0.2) is 0 Å². The van der Waals surface area contributed by atoms with Gasteiger partial charge in [-0.05, 0) is 49.2 Å². The summed E-state index contributed by atoms with van der Waals surface area (Å²) in [6.07, 6.45) is 7.27. The Labute approximate surface area is 140 Å². The predicted molar refractivity (Wildman–Crippen MR) is 93.3 cm³/mol. The molecule has 0 radical (unpaired) electrons. The van der Waals surface area contributed by atoms with Gasteiger partial charge in [0.05, 0.1) is 17.6 Å². The van der Waals surface area contributed by atoms with Crippen molar-refractivity contribution in [1.82, 2.24) is 14.5 Å². The molecule has 0 fully saturated rings. The Hall–Kier alpha value is -2.95. The van der Waals surface area contributed by atoms with Gasteiger partial charge in [0.1, 0.15) is 5.82 Å². The number of imidazole rings is 1. The normalized spacial score (nSPS) is 11.2. The van der Waals surface area contributed by atoms with Crippen LogP contribution in [-0.4, -0.2) is 27.1 Å². The van der Waals surface area contributed by atoms with Gasteiger partial charge in [-0.25, -0.2) is 9.78 Å². The van der Waals surface area contributed by atoms with E-state index in [-0.39, 0.29) is 5.97 Å². The Bertz CT molecular complexity index is 853. The van der Waals surface area contributed by atoms with Gasteiger partial charge in [-0.3, -0.25) is 4.98 Å². The molecule has 0 aliphatic rings. The number of hydrogen-bond acceptors (Lipinski definition) is 4. The van der Waals surface area contributed by atoms with Gasteiger partial charge in [-0.1, -0.05) is 12.1 Å². The molecule has 0 amide bonds. The van der Waals surface area contributed by atoms with Crippen LogP contribution in [0.3, 0.4) is 0 Å². The van der Waals surface area contributed by atoms with E-state index in [2.05, 4.69) is 20.6 Å². The quantitative estimate of drug-likeness (QED) is 0.397. The average molecular weight is 321 g/mol. The molecule has 0 bridgehead atoms. The summed E-state index contributed by atoms with van der Waals surface area (Å²) < 4.78 is 7.39. The fourth-order valence-corrected chi connectivity index (χ4v) is 2.56. The van der Waals surface area contributed by atoms with Crippen molar-refractivity contribution in [1.29, 1.82) is 0 Å². The van der Waals surface area contributed by atoms with Crippen molar-refractivity contribution in [2.75, 3.05) is 6.61 Å². The smallest absolute Gasteiger partial charge is 0.330 e. The zero-order chi connectivity index (χ0) is 16.8. The standard InChI is InChI=1S/C19H19N3O2/c1-15-21-17-5-2-3-6-18(17)22(15)13-4-14-24-19(23)8-7-16-9-11-20-12-10-16/h2-3,5-12H,4,13-14H2,1H3/b8-7+. The van der Waals surface area contributed by atoms with Crippen molar-refractivity contribution >= 4 is 23.1 Å². The molecule has 5 heteroatoms. The number of fused-ring (bicyclic) bond motifs is 1. The van der Waals surface area contributed by atoms with Crippen LogP contribution < -0.4 is 0 Å². The highest BCUT2D eigenvalue weighted by Gasteiger charge is 2.06. The molecule has 0 saturated carbocycles. The minimum absolute atomic E-state index is 0.334. The number of benzene rings is 1. The Balaban J connectivity index is 1.49. The third-order valence-electron chi connectivity index (χ3n) is 3.73. The first kappa shape index (κ1) is 15.9. The molecule has 122 valence electrons. The van der Waals surface area contributed by atoms with Crippen LogP contribution in [0.25, 0.3) is 17.1 Å². The molecule has 2 heterocycles. The SMILES string of the molecule is Cc1nc2ccccc2n1CCCOC(=O)/C=C/c1ccncc1. The van der Waals surface area contributed by atoms with Crippen molar-refractivity contribution in [2.24, 2.45) is 0 Å². The number of carbonyl (C=O) groups is 1. The topological polar surface area (TPSA) is 57.0 Å². The third kappa shape index (κ3) is 3.87. The van der Waals surface area contributed by atoms with Crippen LogP contribution in [-0.2, 0) is 16.1 Å². The van der Waals surface area contributed by atoms with Crippen molar-refractivity contribution in [2.45, 2.75) is 19.9 Å². The number of aryl methyl sites for hydroxylation is 2. The summed E-state index contributed by atoms with van der Waals surface area (Å²) >= 11 is 0. The molecule has 0 atom stereocenters. The van der Waals surface area contributed by atoms with Gasteiger partial charge in [-0.15, -0.1) is 0 Å². The zero-order valence-corrected chi connectivity index (χ0v) is 13.6. The van der Waals surface area contributed by atoms with Gasteiger partial charge >= 0.3 is 5.97 Å². The Morgan fingerprint density at radius 3 is 2.83 bits per heavy atom. The highest BCUT2D eigenvalue weighted by Crippen LogP contribution is 2.15. The Morgan fingerprint density at radius 2 is 2.00 bits per heavy atom. The molecular weight excluding hydrogens is 302 g/mol. The van der Waals surface area contributed by atoms with Crippen molar-refractivity contribution in [3.05, 3.63) is 66.3 Å². The molecule has 0 aliphatic carbocycles. The molecule has 2 aromatic heterocycles. The van der Waals surface area contributed by atoms with E-state index in [0.29, 0.717) is 6.61 Å². The van der Waals surface area contributed by atoms with Crippen LogP contribution in [0.4, 0.5) is 0 Å². The summed E-state index contributed by atoms with van der Waals surface area (Å²) in [7, 11) is 0. The number of esters is 1. The lowest BCUT2D eigenvalue weighted by Crippen LogP contribution is -2.07. The fraction of sp³-hybridized carbons (Fsp3) is 0.211. The maximum atomic E-state index is 11.7. The van der Waals surface area contributed by atoms with E-state index in [1.54, 1.807) is 18.5 Å². The van der Waals surface area contributed by atoms with Gasteiger partial charge in [-0.2, -0.15) is 0 Å². The number of aromatic nitrogens is 3. The first-order valence-corrected chi connectivity index (χ1v) is 7.91. The largest absolute Gasteiger partial charge is 0.462 e. The number of para-hydroxylation sites is 2. The molecule has 24 heavy (non-hydrogen) atoms. The molecule has 3 aromatic rings. The van der Waals surface area contributed by atoms with Gasteiger partial charge in [0.25, 0.3) is 0 Å². The Morgan fingerprint density at radius 1 is 1.21 bits per heavy atom. The number of carbonyl (C=O) groups excluding carboxylic acids is 1. The van der Waals surface area contributed by atoms with Crippen LogP contribution >= 0.6 is 0 Å². The van der Waals surface area contributed by atoms with Gasteiger partial charge in [0.2, 0.25) is 0 Å². The average Bonchev–Trinajstić information content (AvgIpc) is 2.93. The minimum Gasteiger partial charge on any atom is -0.462 e. The molecular formula is C19H19N3O2. The number of nitrogens with zero attached hydrogens (tertiary/aromatic N) is 3. The molecule has 0 N–H and O–H groups in total. The minimum atomic E-state index is -0.334. The first-order chi connectivity index (χ1) is 11.7. The molecule has 0 saturated heterocycles. The van der Waals surface area contributed by atoms with Crippen molar-refractivity contribution in [3.63, 3.8) is 0 Å². The Kier molecular flexibility index (Phi) is 5.01. The maximum absolute atomic E-state index is 11.7.